The van der Waals surface area contributed by atoms with Crippen molar-refractivity contribution >= 4 is 5.91 Å². The van der Waals surface area contributed by atoms with Gasteiger partial charge in [-0.3, -0.25) is 4.79 Å². The molecule has 0 aliphatic carbocycles. The fraction of sp³-hybridized carbons (Fsp3) is 0.474. The maximum atomic E-state index is 12.4. The van der Waals surface area contributed by atoms with Crippen molar-refractivity contribution in [3.8, 4) is 5.75 Å². The van der Waals surface area contributed by atoms with Gasteiger partial charge in [-0.1, -0.05) is 23.4 Å². The molecule has 1 aromatic carbocycles. The lowest BCUT2D eigenvalue weighted by atomic mass is 9.76. The first kappa shape index (κ1) is 17.5. The SMILES string of the molecule is Cc1cc(C(=O)N2CCC(CO)(CCOc3ccccc3)CC2)no1. The van der Waals surface area contributed by atoms with E-state index in [1.807, 2.05) is 30.3 Å². The number of aryl methyl sites for hydroxylation is 1. The maximum absolute atomic E-state index is 12.4. The summed E-state index contributed by atoms with van der Waals surface area (Å²) in [5.74, 6) is 1.36. The van der Waals surface area contributed by atoms with Crippen LogP contribution in [0.15, 0.2) is 40.9 Å². The number of piperidine rings is 1. The lowest BCUT2D eigenvalue weighted by Gasteiger charge is -2.40. The van der Waals surface area contributed by atoms with Gasteiger partial charge < -0.3 is 19.3 Å². The number of likely N-dealkylation sites (tertiary alicyclic amines) is 1. The fourth-order valence-electron chi connectivity index (χ4n) is 3.20. The summed E-state index contributed by atoms with van der Waals surface area (Å²) in [7, 11) is 0. The Labute approximate surface area is 147 Å². The minimum atomic E-state index is -0.189. The molecule has 6 heteroatoms. The molecular weight excluding hydrogens is 320 g/mol. The number of hydrogen-bond acceptors (Lipinski definition) is 5. The van der Waals surface area contributed by atoms with Gasteiger partial charge in [0.2, 0.25) is 0 Å². The van der Waals surface area contributed by atoms with E-state index in [4.69, 9.17) is 9.26 Å². The number of benzene rings is 1. The number of carbonyl (C=O) groups excluding carboxylic acids is 1. The van der Waals surface area contributed by atoms with Crippen molar-refractivity contribution in [1.82, 2.24) is 10.1 Å². The van der Waals surface area contributed by atoms with E-state index in [1.165, 1.54) is 0 Å². The number of carbonyl (C=O) groups is 1. The zero-order valence-electron chi connectivity index (χ0n) is 14.5. The number of amides is 1. The van der Waals surface area contributed by atoms with Gasteiger partial charge >= 0.3 is 0 Å². The van der Waals surface area contributed by atoms with Crippen LogP contribution in [0.1, 0.15) is 35.5 Å². The highest BCUT2D eigenvalue weighted by atomic mass is 16.5. The Morgan fingerprint density at radius 3 is 2.64 bits per heavy atom. The Morgan fingerprint density at radius 2 is 2.04 bits per heavy atom. The summed E-state index contributed by atoms with van der Waals surface area (Å²) in [6.45, 7) is 3.65. The van der Waals surface area contributed by atoms with Crippen LogP contribution in [0.3, 0.4) is 0 Å². The van der Waals surface area contributed by atoms with Gasteiger partial charge in [0.05, 0.1) is 6.61 Å². The Bertz CT molecular complexity index is 690. The molecule has 1 N–H and O–H groups in total. The van der Waals surface area contributed by atoms with Crippen LogP contribution in [-0.2, 0) is 0 Å². The summed E-state index contributed by atoms with van der Waals surface area (Å²) in [6, 6.07) is 11.3. The lowest BCUT2D eigenvalue weighted by molar-refractivity contribution is 0.0237. The molecule has 1 aliphatic heterocycles. The van der Waals surface area contributed by atoms with Crippen LogP contribution in [0.25, 0.3) is 0 Å². The van der Waals surface area contributed by atoms with Crippen LogP contribution >= 0.6 is 0 Å². The van der Waals surface area contributed by atoms with Crippen molar-refractivity contribution in [1.29, 1.82) is 0 Å². The number of aliphatic hydroxyl groups is 1. The molecule has 0 bridgehead atoms. The van der Waals surface area contributed by atoms with Crippen LogP contribution < -0.4 is 4.74 Å². The summed E-state index contributed by atoms with van der Waals surface area (Å²) in [5, 5.41) is 13.7. The molecule has 1 saturated heterocycles. The Kier molecular flexibility index (Phi) is 5.38. The third kappa shape index (κ3) is 4.20. The van der Waals surface area contributed by atoms with Crippen molar-refractivity contribution < 1.29 is 19.2 Å². The van der Waals surface area contributed by atoms with Gasteiger partial charge in [-0.2, -0.15) is 0 Å². The third-order valence-corrected chi connectivity index (χ3v) is 4.94. The largest absolute Gasteiger partial charge is 0.494 e. The zero-order valence-corrected chi connectivity index (χ0v) is 14.5. The molecular formula is C19H24N2O4. The molecule has 6 nitrogen and oxygen atoms in total. The van der Waals surface area contributed by atoms with E-state index < -0.39 is 0 Å². The van der Waals surface area contributed by atoms with E-state index >= 15 is 0 Å². The van der Waals surface area contributed by atoms with Crippen molar-refractivity contribution in [3.63, 3.8) is 0 Å². The number of aliphatic hydroxyl groups excluding tert-OH is 1. The number of rotatable bonds is 6. The van der Waals surface area contributed by atoms with E-state index in [2.05, 4.69) is 5.16 Å². The van der Waals surface area contributed by atoms with Gasteiger partial charge in [-0.25, -0.2) is 0 Å². The van der Waals surface area contributed by atoms with Gasteiger partial charge in [-0.15, -0.1) is 0 Å². The summed E-state index contributed by atoms with van der Waals surface area (Å²) in [4.78, 5) is 14.2. The van der Waals surface area contributed by atoms with Crippen LogP contribution in [0.5, 0.6) is 5.75 Å². The number of nitrogens with zero attached hydrogens (tertiary/aromatic N) is 2. The molecule has 1 aromatic heterocycles. The number of aromatic nitrogens is 1. The quantitative estimate of drug-likeness (QED) is 0.872. The monoisotopic (exact) mass is 344 g/mol. The Balaban J connectivity index is 1.52. The first-order valence-corrected chi connectivity index (χ1v) is 8.63. The Hall–Kier alpha value is -2.34. The highest BCUT2D eigenvalue weighted by Crippen LogP contribution is 2.35. The smallest absolute Gasteiger partial charge is 0.276 e. The molecule has 1 amide bonds. The van der Waals surface area contributed by atoms with Gasteiger partial charge in [0.1, 0.15) is 11.5 Å². The molecule has 3 rings (SSSR count). The molecule has 2 heterocycles. The molecule has 134 valence electrons. The average molecular weight is 344 g/mol. The first-order valence-electron chi connectivity index (χ1n) is 8.63. The molecule has 1 aliphatic rings. The van der Waals surface area contributed by atoms with E-state index in [0.29, 0.717) is 31.2 Å². The molecule has 25 heavy (non-hydrogen) atoms. The second-order valence-corrected chi connectivity index (χ2v) is 6.68. The summed E-state index contributed by atoms with van der Waals surface area (Å²) >= 11 is 0. The predicted octanol–water partition coefficient (Wildman–Crippen LogP) is 2.67. The van der Waals surface area contributed by atoms with Crippen molar-refractivity contribution in [2.75, 3.05) is 26.3 Å². The highest BCUT2D eigenvalue weighted by molar-refractivity contribution is 5.92. The minimum absolute atomic E-state index is 0.107. The topological polar surface area (TPSA) is 75.8 Å². The molecule has 1 fully saturated rings. The van der Waals surface area contributed by atoms with E-state index in [-0.39, 0.29) is 17.9 Å². The third-order valence-electron chi connectivity index (χ3n) is 4.94. The fourth-order valence-corrected chi connectivity index (χ4v) is 3.20. The number of hydrogen-bond donors (Lipinski definition) is 1. The first-order chi connectivity index (χ1) is 12.1. The molecule has 0 atom stereocenters. The lowest BCUT2D eigenvalue weighted by Crippen LogP contribution is -2.45. The number of ether oxygens (including phenoxy) is 1. The highest BCUT2D eigenvalue weighted by Gasteiger charge is 2.36. The molecule has 0 radical (unpaired) electrons. The second-order valence-electron chi connectivity index (χ2n) is 6.68. The summed E-state index contributed by atoms with van der Waals surface area (Å²) in [5.41, 5.74) is 0.159. The van der Waals surface area contributed by atoms with E-state index in [9.17, 15) is 9.90 Å². The summed E-state index contributed by atoms with van der Waals surface area (Å²) < 4.78 is 10.7. The standard InChI is InChI=1S/C19H24N2O4/c1-15-13-17(20-25-15)18(23)21-10-7-19(14-22,8-11-21)9-12-24-16-5-3-2-4-6-16/h2-6,13,22H,7-12,14H2,1H3. The predicted molar refractivity (Wildman–Crippen MR) is 92.5 cm³/mol. The maximum Gasteiger partial charge on any atom is 0.276 e. The number of para-hydroxylation sites is 1. The molecule has 2 aromatic rings. The minimum Gasteiger partial charge on any atom is -0.494 e. The van der Waals surface area contributed by atoms with Crippen molar-refractivity contribution in [2.45, 2.75) is 26.2 Å². The molecule has 0 unspecified atom stereocenters. The van der Waals surface area contributed by atoms with Gasteiger partial charge in [-0.05, 0) is 38.3 Å². The van der Waals surface area contributed by atoms with E-state index in [0.717, 1.165) is 25.0 Å². The Morgan fingerprint density at radius 1 is 1.32 bits per heavy atom. The molecule has 0 saturated carbocycles. The summed E-state index contributed by atoms with van der Waals surface area (Å²) in [6.07, 6.45) is 2.28. The second kappa shape index (κ2) is 7.70. The van der Waals surface area contributed by atoms with Crippen molar-refractivity contribution in [3.05, 3.63) is 47.9 Å². The molecule has 0 spiro atoms. The van der Waals surface area contributed by atoms with Crippen molar-refractivity contribution in [2.24, 2.45) is 5.41 Å². The van der Waals surface area contributed by atoms with Gasteiger partial charge in [0, 0.05) is 31.2 Å². The van der Waals surface area contributed by atoms with Gasteiger partial charge in [0.15, 0.2) is 5.69 Å². The average Bonchev–Trinajstić information content (AvgIpc) is 3.09. The van der Waals surface area contributed by atoms with E-state index in [1.54, 1.807) is 17.9 Å². The van der Waals surface area contributed by atoms with Crippen LogP contribution in [-0.4, -0.2) is 47.4 Å². The van der Waals surface area contributed by atoms with Gasteiger partial charge in [0.25, 0.3) is 5.91 Å². The van der Waals surface area contributed by atoms with Crippen LogP contribution in [0, 0.1) is 12.3 Å². The zero-order chi connectivity index (χ0) is 17.7. The van der Waals surface area contributed by atoms with Crippen LogP contribution in [0.2, 0.25) is 0 Å². The van der Waals surface area contributed by atoms with Crippen LogP contribution in [0.4, 0.5) is 0 Å². The normalized spacial score (nSPS) is 16.6.